The predicted octanol–water partition coefficient (Wildman–Crippen LogP) is 2.71. The molecule has 18 heavy (non-hydrogen) atoms. The van der Waals surface area contributed by atoms with Crippen LogP contribution in [0.1, 0.15) is 30.9 Å². The van der Waals surface area contributed by atoms with Gasteiger partial charge >= 0.3 is 0 Å². The molecule has 0 saturated carbocycles. The second kappa shape index (κ2) is 5.81. The maximum Gasteiger partial charge on any atom is 0.127 e. The molecule has 0 aromatic heterocycles. The highest BCUT2D eigenvalue weighted by atomic mass is 19.1. The minimum Gasteiger partial charge on any atom is -0.310 e. The molecule has 1 fully saturated rings. The van der Waals surface area contributed by atoms with Crippen molar-refractivity contribution in [2.45, 2.75) is 45.3 Å². The molecule has 1 aliphatic rings. The topological polar surface area (TPSA) is 15.3 Å². The van der Waals surface area contributed by atoms with Gasteiger partial charge in [0.05, 0.1) is 0 Å². The molecule has 1 aromatic carbocycles. The fraction of sp³-hybridized carbons (Fsp3) is 0.600. The molecule has 2 unspecified atom stereocenters. The molecule has 3 heteroatoms. The third-order valence-electron chi connectivity index (χ3n) is 3.99. The second-order valence-corrected chi connectivity index (χ2v) is 5.53. The summed E-state index contributed by atoms with van der Waals surface area (Å²) in [6.07, 6.45) is 2.29. The zero-order valence-electron chi connectivity index (χ0n) is 11.5. The first-order valence-electron chi connectivity index (χ1n) is 6.75. The van der Waals surface area contributed by atoms with Crippen LogP contribution >= 0.6 is 0 Å². The van der Waals surface area contributed by atoms with Crippen LogP contribution in [0, 0.1) is 12.7 Å². The Morgan fingerprint density at radius 1 is 1.44 bits per heavy atom. The van der Waals surface area contributed by atoms with E-state index < -0.39 is 0 Å². The lowest BCUT2D eigenvalue weighted by Gasteiger charge is -2.35. The number of likely N-dealkylation sites (tertiary alicyclic amines) is 1. The van der Waals surface area contributed by atoms with Crippen molar-refractivity contribution in [2.75, 3.05) is 13.6 Å². The molecule has 1 aromatic rings. The Balaban J connectivity index is 1.90. The van der Waals surface area contributed by atoms with Crippen molar-refractivity contribution < 1.29 is 4.39 Å². The van der Waals surface area contributed by atoms with Gasteiger partial charge in [-0.25, -0.2) is 4.39 Å². The van der Waals surface area contributed by atoms with Gasteiger partial charge in [-0.2, -0.15) is 0 Å². The van der Waals surface area contributed by atoms with Gasteiger partial charge in [-0.15, -0.1) is 0 Å². The number of rotatable bonds is 3. The number of aryl methyl sites for hydroxylation is 1. The van der Waals surface area contributed by atoms with Crippen LogP contribution in [0.25, 0.3) is 0 Å². The van der Waals surface area contributed by atoms with E-state index in [0.29, 0.717) is 18.6 Å². The van der Waals surface area contributed by atoms with Crippen LogP contribution < -0.4 is 5.32 Å². The van der Waals surface area contributed by atoms with Crippen molar-refractivity contribution in [2.24, 2.45) is 0 Å². The summed E-state index contributed by atoms with van der Waals surface area (Å²) in [7, 11) is 2.17. The van der Waals surface area contributed by atoms with E-state index in [1.54, 1.807) is 6.07 Å². The number of hydrogen-bond acceptors (Lipinski definition) is 2. The quantitative estimate of drug-likeness (QED) is 0.887. The molecular formula is C15H23FN2. The van der Waals surface area contributed by atoms with Gasteiger partial charge < -0.3 is 10.2 Å². The number of benzene rings is 1. The van der Waals surface area contributed by atoms with Crippen molar-refractivity contribution in [1.82, 2.24) is 10.2 Å². The monoisotopic (exact) mass is 250 g/mol. The molecule has 2 atom stereocenters. The van der Waals surface area contributed by atoms with Crippen molar-refractivity contribution in [3.8, 4) is 0 Å². The van der Waals surface area contributed by atoms with Crippen LogP contribution in [0.4, 0.5) is 4.39 Å². The molecule has 0 amide bonds. The number of hydrogen-bond donors (Lipinski definition) is 1. The minimum atomic E-state index is -0.103. The summed E-state index contributed by atoms with van der Waals surface area (Å²) >= 11 is 0. The predicted molar refractivity (Wildman–Crippen MR) is 73.1 cm³/mol. The van der Waals surface area contributed by atoms with E-state index >= 15 is 0 Å². The van der Waals surface area contributed by atoms with Crippen LogP contribution in [0.5, 0.6) is 0 Å². The maximum absolute atomic E-state index is 13.6. The van der Waals surface area contributed by atoms with Crippen LogP contribution in [0.3, 0.4) is 0 Å². The summed E-state index contributed by atoms with van der Waals surface area (Å²) in [6, 6.07) is 6.43. The third kappa shape index (κ3) is 3.30. The molecule has 0 bridgehead atoms. The Morgan fingerprint density at radius 2 is 2.22 bits per heavy atom. The van der Waals surface area contributed by atoms with E-state index in [-0.39, 0.29) is 5.82 Å². The fourth-order valence-corrected chi connectivity index (χ4v) is 2.57. The van der Waals surface area contributed by atoms with Crippen molar-refractivity contribution >= 4 is 0 Å². The highest BCUT2D eigenvalue weighted by Crippen LogP contribution is 2.16. The van der Waals surface area contributed by atoms with Gasteiger partial charge in [0.1, 0.15) is 5.82 Å². The summed E-state index contributed by atoms with van der Waals surface area (Å²) in [5.74, 6) is -0.103. The molecule has 1 heterocycles. The van der Waals surface area contributed by atoms with Gasteiger partial charge in [0.25, 0.3) is 0 Å². The fourth-order valence-electron chi connectivity index (χ4n) is 2.57. The van der Waals surface area contributed by atoms with E-state index in [1.165, 1.54) is 0 Å². The average molecular weight is 250 g/mol. The first-order valence-corrected chi connectivity index (χ1v) is 6.75. The standard InChI is InChI=1S/C15H23FN2/c1-11-4-5-15(16)13(8-11)10-17-14-6-7-18(3)12(2)9-14/h4-5,8,12,14,17H,6-7,9-10H2,1-3H3. The van der Waals surface area contributed by atoms with Gasteiger partial charge in [0, 0.05) is 24.2 Å². The Morgan fingerprint density at radius 3 is 2.94 bits per heavy atom. The lowest BCUT2D eigenvalue weighted by atomic mass is 9.98. The molecule has 1 saturated heterocycles. The van der Waals surface area contributed by atoms with Crippen LogP contribution in [0.15, 0.2) is 18.2 Å². The molecule has 1 N–H and O–H groups in total. The van der Waals surface area contributed by atoms with Crippen LogP contribution in [-0.4, -0.2) is 30.6 Å². The van der Waals surface area contributed by atoms with E-state index in [1.807, 2.05) is 19.1 Å². The molecule has 100 valence electrons. The molecule has 2 rings (SSSR count). The highest BCUT2D eigenvalue weighted by Gasteiger charge is 2.22. The zero-order valence-corrected chi connectivity index (χ0v) is 11.5. The van der Waals surface area contributed by atoms with E-state index in [0.717, 1.165) is 30.5 Å². The largest absolute Gasteiger partial charge is 0.310 e. The van der Waals surface area contributed by atoms with Crippen LogP contribution in [-0.2, 0) is 6.54 Å². The third-order valence-corrected chi connectivity index (χ3v) is 3.99. The molecule has 2 nitrogen and oxygen atoms in total. The van der Waals surface area contributed by atoms with E-state index in [2.05, 4.69) is 24.2 Å². The summed E-state index contributed by atoms with van der Waals surface area (Å²) in [5.41, 5.74) is 1.89. The number of nitrogens with zero attached hydrogens (tertiary/aromatic N) is 1. The smallest absolute Gasteiger partial charge is 0.127 e. The lowest BCUT2D eigenvalue weighted by molar-refractivity contribution is 0.168. The SMILES string of the molecule is Cc1ccc(F)c(CNC2CCN(C)C(C)C2)c1. The van der Waals surface area contributed by atoms with Gasteiger partial charge in [0.2, 0.25) is 0 Å². The Labute approximate surface area is 109 Å². The Kier molecular flexibility index (Phi) is 4.36. The van der Waals surface area contributed by atoms with E-state index in [9.17, 15) is 4.39 Å². The van der Waals surface area contributed by atoms with E-state index in [4.69, 9.17) is 0 Å². The summed E-state index contributed by atoms with van der Waals surface area (Å²) in [5, 5.41) is 3.49. The van der Waals surface area contributed by atoms with Crippen molar-refractivity contribution in [1.29, 1.82) is 0 Å². The number of piperidine rings is 1. The Bertz CT molecular complexity index is 405. The first-order chi connectivity index (χ1) is 8.56. The Hall–Kier alpha value is -0.930. The van der Waals surface area contributed by atoms with Gasteiger partial charge in [-0.3, -0.25) is 0 Å². The normalized spacial score (nSPS) is 25.3. The molecular weight excluding hydrogens is 227 g/mol. The van der Waals surface area contributed by atoms with Crippen molar-refractivity contribution in [3.63, 3.8) is 0 Å². The lowest BCUT2D eigenvalue weighted by Crippen LogP contribution is -2.45. The summed E-state index contributed by atoms with van der Waals surface area (Å²) in [6.45, 7) is 6.01. The summed E-state index contributed by atoms with van der Waals surface area (Å²) in [4.78, 5) is 2.38. The van der Waals surface area contributed by atoms with Crippen molar-refractivity contribution in [3.05, 3.63) is 35.1 Å². The molecule has 0 radical (unpaired) electrons. The number of nitrogens with one attached hydrogen (secondary N) is 1. The number of halogens is 1. The van der Waals surface area contributed by atoms with Crippen LogP contribution in [0.2, 0.25) is 0 Å². The van der Waals surface area contributed by atoms with Gasteiger partial charge in [0.15, 0.2) is 0 Å². The molecule has 0 aliphatic carbocycles. The molecule has 0 spiro atoms. The molecule has 1 aliphatic heterocycles. The maximum atomic E-state index is 13.6. The summed E-state index contributed by atoms with van der Waals surface area (Å²) < 4.78 is 13.6. The average Bonchev–Trinajstić information content (AvgIpc) is 2.34. The van der Waals surface area contributed by atoms with Gasteiger partial charge in [-0.05, 0) is 46.3 Å². The first kappa shape index (κ1) is 13.5. The minimum absolute atomic E-state index is 0.103. The van der Waals surface area contributed by atoms with Gasteiger partial charge in [-0.1, -0.05) is 17.7 Å². The second-order valence-electron chi connectivity index (χ2n) is 5.53. The zero-order chi connectivity index (χ0) is 13.1. The highest BCUT2D eigenvalue weighted by molar-refractivity contribution is 5.23.